The van der Waals surface area contributed by atoms with Crippen LogP contribution in [0.3, 0.4) is 0 Å². The second-order valence-electron chi connectivity index (χ2n) is 7.06. The molecule has 0 saturated carbocycles. The van der Waals surface area contributed by atoms with Crippen LogP contribution in [-0.4, -0.2) is 40.9 Å². The maximum atomic E-state index is 13.5. The molecule has 0 aliphatic carbocycles. The summed E-state index contributed by atoms with van der Waals surface area (Å²) >= 11 is 0. The summed E-state index contributed by atoms with van der Waals surface area (Å²) in [6.07, 6.45) is 7.49. The highest BCUT2D eigenvalue weighted by molar-refractivity contribution is 5.83. The van der Waals surface area contributed by atoms with Crippen LogP contribution in [0.25, 0.3) is 16.6 Å². The Labute approximate surface area is 174 Å². The Morgan fingerprint density at radius 1 is 1.10 bits per heavy atom. The molecule has 0 bridgehead atoms. The zero-order valence-corrected chi connectivity index (χ0v) is 16.9. The molecule has 0 aliphatic heterocycles. The van der Waals surface area contributed by atoms with Gasteiger partial charge in [-0.2, -0.15) is 5.10 Å². The number of nitrogens with one attached hydrogen (secondary N) is 3. The molecule has 0 spiro atoms. The Morgan fingerprint density at radius 3 is 2.70 bits per heavy atom. The van der Waals surface area contributed by atoms with Gasteiger partial charge in [-0.05, 0) is 54.3 Å². The van der Waals surface area contributed by atoms with Crippen molar-refractivity contribution in [2.75, 3.05) is 20.1 Å². The van der Waals surface area contributed by atoms with Crippen LogP contribution < -0.4 is 10.6 Å². The Balaban J connectivity index is 1.24. The minimum atomic E-state index is -0.218. The number of fused-ring (bicyclic) bond motifs is 1. The molecule has 30 heavy (non-hydrogen) atoms. The predicted molar refractivity (Wildman–Crippen MR) is 119 cm³/mol. The van der Waals surface area contributed by atoms with Gasteiger partial charge in [0.25, 0.3) is 0 Å². The standard InChI is InChI=1S/C23H25FN6/c1-25-23(27-12-10-18-15-28-22-8-7-19(24)13-21(18)22)26-11-9-17-14-29-30(16-17)20-5-3-2-4-6-20/h2-8,13-16,28H,9-12H2,1H3,(H2,25,26,27). The van der Waals surface area contributed by atoms with Crippen molar-refractivity contribution in [2.24, 2.45) is 4.99 Å². The molecule has 2 aromatic heterocycles. The fraction of sp³-hybridized carbons (Fsp3) is 0.217. The van der Waals surface area contributed by atoms with Gasteiger partial charge in [-0.15, -0.1) is 0 Å². The molecule has 2 aromatic carbocycles. The van der Waals surface area contributed by atoms with Gasteiger partial charge in [-0.25, -0.2) is 9.07 Å². The third-order valence-electron chi connectivity index (χ3n) is 5.00. The molecule has 4 aromatic rings. The van der Waals surface area contributed by atoms with Crippen LogP contribution in [0.1, 0.15) is 11.1 Å². The number of guanidine groups is 1. The van der Waals surface area contributed by atoms with Gasteiger partial charge in [0, 0.05) is 43.4 Å². The molecule has 0 unspecified atom stereocenters. The van der Waals surface area contributed by atoms with Gasteiger partial charge in [0.15, 0.2) is 5.96 Å². The minimum Gasteiger partial charge on any atom is -0.361 e. The van der Waals surface area contributed by atoms with E-state index < -0.39 is 0 Å². The largest absolute Gasteiger partial charge is 0.361 e. The first kappa shape index (κ1) is 19.7. The first-order valence-corrected chi connectivity index (χ1v) is 10.0. The molecule has 6 nitrogen and oxygen atoms in total. The fourth-order valence-electron chi connectivity index (χ4n) is 3.43. The molecule has 0 aliphatic rings. The van der Waals surface area contributed by atoms with E-state index in [0.29, 0.717) is 6.54 Å². The molecule has 0 saturated heterocycles. The average Bonchev–Trinajstić information content (AvgIpc) is 3.40. The highest BCUT2D eigenvalue weighted by Gasteiger charge is 2.06. The van der Waals surface area contributed by atoms with Crippen LogP contribution in [0.5, 0.6) is 0 Å². The van der Waals surface area contributed by atoms with Crippen LogP contribution in [0.15, 0.2) is 72.1 Å². The smallest absolute Gasteiger partial charge is 0.190 e. The van der Waals surface area contributed by atoms with E-state index in [1.807, 2.05) is 53.6 Å². The molecule has 4 rings (SSSR count). The molecule has 0 fully saturated rings. The zero-order valence-electron chi connectivity index (χ0n) is 16.9. The number of hydrogen-bond acceptors (Lipinski definition) is 2. The van der Waals surface area contributed by atoms with E-state index in [0.717, 1.165) is 53.1 Å². The van der Waals surface area contributed by atoms with Gasteiger partial charge in [-0.1, -0.05) is 18.2 Å². The van der Waals surface area contributed by atoms with Crippen molar-refractivity contribution in [3.63, 3.8) is 0 Å². The number of hydrogen-bond donors (Lipinski definition) is 3. The minimum absolute atomic E-state index is 0.218. The molecule has 7 heteroatoms. The normalized spacial score (nSPS) is 11.7. The monoisotopic (exact) mass is 404 g/mol. The molecule has 0 amide bonds. The van der Waals surface area contributed by atoms with Crippen LogP contribution in [-0.2, 0) is 12.8 Å². The quantitative estimate of drug-likeness (QED) is 0.326. The molecule has 3 N–H and O–H groups in total. The number of rotatable bonds is 7. The zero-order chi connectivity index (χ0) is 20.8. The number of aromatic nitrogens is 3. The molecular formula is C23H25FN6. The molecule has 2 heterocycles. The van der Waals surface area contributed by atoms with Crippen molar-refractivity contribution in [1.82, 2.24) is 25.4 Å². The summed E-state index contributed by atoms with van der Waals surface area (Å²) < 4.78 is 15.4. The number of nitrogens with zero attached hydrogens (tertiary/aromatic N) is 3. The maximum Gasteiger partial charge on any atom is 0.190 e. The Hall–Kier alpha value is -3.61. The third kappa shape index (κ3) is 4.68. The van der Waals surface area contributed by atoms with E-state index >= 15 is 0 Å². The molecule has 0 radical (unpaired) electrons. The van der Waals surface area contributed by atoms with E-state index in [1.54, 1.807) is 19.2 Å². The van der Waals surface area contributed by atoms with Crippen molar-refractivity contribution >= 4 is 16.9 Å². The van der Waals surface area contributed by atoms with Gasteiger partial charge in [0.1, 0.15) is 5.82 Å². The second-order valence-corrected chi connectivity index (χ2v) is 7.06. The summed E-state index contributed by atoms with van der Waals surface area (Å²) in [5.41, 5.74) is 4.24. The summed E-state index contributed by atoms with van der Waals surface area (Å²) in [4.78, 5) is 7.46. The van der Waals surface area contributed by atoms with Crippen molar-refractivity contribution in [2.45, 2.75) is 12.8 Å². The van der Waals surface area contributed by atoms with E-state index in [4.69, 9.17) is 0 Å². The van der Waals surface area contributed by atoms with Crippen LogP contribution in [0.4, 0.5) is 4.39 Å². The van der Waals surface area contributed by atoms with Gasteiger partial charge in [-0.3, -0.25) is 4.99 Å². The topological polar surface area (TPSA) is 70.0 Å². The molecule has 154 valence electrons. The van der Waals surface area contributed by atoms with Gasteiger partial charge in [0.2, 0.25) is 0 Å². The summed E-state index contributed by atoms with van der Waals surface area (Å²) in [6.45, 7) is 1.45. The third-order valence-corrected chi connectivity index (χ3v) is 5.00. The lowest BCUT2D eigenvalue weighted by molar-refractivity contribution is 0.629. The van der Waals surface area contributed by atoms with E-state index in [9.17, 15) is 4.39 Å². The fourth-order valence-corrected chi connectivity index (χ4v) is 3.43. The summed E-state index contributed by atoms with van der Waals surface area (Å²) in [5, 5.41) is 12.0. The van der Waals surface area contributed by atoms with E-state index in [2.05, 4.69) is 25.7 Å². The summed E-state index contributed by atoms with van der Waals surface area (Å²) in [5.74, 6) is 0.529. The summed E-state index contributed by atoms with van der Waals surface area (Å²) in [7, 11) is 1.75. The van der Waals surface area contributed by atoms with E-state index in [-0.39, 0.29) is 5.82 Å². The predicted octanol–water partition coefficient (Wildman–Crippen LogP) is 3.44. The maximum absolute atomic E-state index is 13.5. The molecule has 0 atom stereocenters. The van der Waals surface area contributed by atoms with Crippen molar-refractivity contribution in [3.05, 3.63) is 84.1 Å². The number of halogens is 1. The lowest BCUT2D eigenvalue weighted by Gasteiger charge is -2.11. The first-order valence-electron chi connectivity index (χ1n) is 10.0. The van der Waals surface area contributed by atoms with Crippen LogP contribution in [0, 0.1) is 5.82 Å². The Kier molecular flexibility index (Phi) is 6.08. The Morgan fingerprint density at radius 2 is 1.90 bits per heavy atom. The number of aliphatic imine (C=N–C) groups is 1. The number of aromatic amines is 1. The van der Waals surface area contributed by atoms with Crippen molar-refractivity contribution < 1.29 is 4.39 Å². The lowest BCUT2D eigenvalue weighted by Crippen LogP contribution is -2.39. The second kappa shape index (κ2) is 9.26. The van der Waals surface area contributed by atoms with E-state index in [1.165, 1.54) is 6.07 Å². The lowest BCUT2D eigenvalue weighted by atomic mass is 10.1. The van der Waals surface area contributed by atoms with Crippen LogP contribution in [0.2, 0.25) is 0 Å². The highest BCUT2D eigenvalue weighted by atomic mass is 19.1. The highest BCUT2D eigenvalue weighted by Crippen LogP contribution is 2.19. The van der Waals surface area contributed by atoms with Gasteiger partial charge in [0.05, 0.1) is 11.9 Å². The van der Waals surface area contributed by atoms with Crippen molar-refractivity contribution in [3.8, 4) is 5.69 Å². The van der Waals surface area contributed by atoms with Crippen molar-refractivity contribution in [1.29, 1.82) is 0 Å². The number of H-pyrrole nitrogens is 1. The van der Waals surface area contributed by atoms with Gasteiger partial charge < -0.3 is 15.6 Å². The van der Waals surface area contributed by atoms with Gasteiger partial charge >= 0.3 is 0 Å². The molecular weight excluding hydrogens is 379 g/mol. The summed E-state index contributed by atoms with van der Waals surface area (Å²) in [6, 6.07) is 14.9. The number of para-hydroxylation sites is 1. The van der Waals surface area contributed by atoms with Crippen LogP contribution >= 0.6 is 0 Å². The average molecular weight is 404 g/mol. The number of benzene rings is 2. The first-order chi connectivity index (χ1) is 14.7. The Bertz CT molecular complexity index is 1130. The SMILES string of the molecule is CN=C(NCCc1cnn(-c2ccccc2)c1)NCCc1c[nH]c2ccc(F)cc12.